The molecule has 0 rings (SSSR count). The lowest BCUT2D eigenvalue weighted by molar-refractivity contribution is 0.106. The summed E-state index contributed by atoms with van der Waals surface area (Å²) >= 11 is 0. The van der Waals surface area contributed by atoms with Crippen LogP contribution < -0.4 is 0 Å². The second-order valence-corrected chi connectivity index (χ2v) is 3.45. The summed E-state index contributed by atoms with van der Waals surface area (Å²) in [4.78, 5) is 0. The summed E-state index contributed by atoms with van der Waals surface area (Å²) in [6.45, 7) is 10.00. The van der Waals surface area contributed by atoms with Gasteiger partial charge < -0.3 is 5.11 Å². The minimum atomic E-state index is -0.142. The Balaban J connectivity index is 3.51. The Morgan fingerprint density at radius 3 is 2.45 bits per heavy atom. The molecule has 0 aromatic carbocycles. The van der Waals surface area contributed by atoms with Crippen molar-refractivity contribution >= 4 is 0 Å². The van der Waals surface area contributed by atoms with Gasteiger partial charge in [0.15, 0.2) is 0 Å². The van der Waals surface area contributed by atoms with E-state index in [0.29, 0.717) is 5.92 Å². The van der Waals surface area contributed by atoms with Crippen LogP contribution in [0.25, 0.3) is 0 Å². The van der Waals surface area contributed by atoms with Gasteiger partial charge in [0.1, 0.15) is 0 Å². The average Bonchev–Trinajstić information content (AvgIpc) is 1.98. The SMILES string of the molecule is C=C(C)CCC(O)C(C)CC. The van der Waals surface area contributed by atoms with Crippen LogP contribution in [0, 0.1) is 5.92 Å². The van der Waals surface area contributed by atoms with E-state index in [9.17, 15) is 5.11 Å². The first kappa shape index (κ1) is 10.7. The standard InChI is InChI=1S/C10H20O/c1-5-9(4)10(11)7-6-8(2)3/h9-11H,2,5-7H2,1,3-4H3. The maximum absolute atomic E-state index is 9.53. The van der Waals surface area contributed by atoms with Gasteiger partial charge in [-0.25, -0.2) is 0 Å². The third-order valence-corrected chi connectivity index (χ3v) is 2.17. The largest absolute Gasteiger partial charge is 0.393 e. The highest BCUT2D eigenvalue weighted by Gasteiger charge is 2.10. The molecule has 2 atom stereocenters. The fourth-order valence-corrected chi connectivity index (χ4v) is 0.951. The number of hydrogen-bond donors (Lipinski definition) is 1. The molecule has 0 aliphatic rings. The zero-order valence-corrected chi connectivity index (χ0v) is 7.93. The second-order valence-electron chi connectivity index (χ2n) is 3.45. The first-order valence-electron chi connectivity index (χ1n) is 4.40. The summed E-state index contributed by atoms with van der Waals surface area (Å²) < 4.78 is 0. The van der Waals surface area contributed by atoms with Gasteiger partial charge in [-0.1, -0.05) is 25.8 Å². The minimum absolute atomic E-state index is 0.142. The summed E-state index contributed by atoms with van der Waals surface area (Å²) in [6.07, 6.45) is 2.73. The predicted octanol–water partition coefficient (Wildman–Crippen LogP) is 2.75. The van der Waals surface area contributed by atoms with Gasteiger partial charge in [0, 0.05) is 0 Å². The van der Waals surface area contributed by atoms with Crippen molar-refractivity contribution in [1.82, 2.24) is 0 Å². The number of allylic oxidation sites excluding steroid dienone is 1. The van der Waals surface area contributed by atoms with Crippen LogP contribution in [0.2, 0.25) is 0 Å². The Morgan fingerprint density at radius 1 is 1.55 bits per heavy atom. The van der Waals surface area contributed by atoms with E-state index in [0.717, 1.165) is 24.8 Å². The van der Waals surface area contributed by atoms with Crippen LogP contribution in [-0.2, 0) is 0 Å². The molecule has 0 aromatic rings. The number of rotatable bonds is 5. The van der Waals surface area contributed by atoms with Crippen LogP contribution in [0.4, 0.5) is 0 Å². The topological polar surface area (TPSA) is 20.2 Å². The smallest absolute Gasteiger partial charge is 0.0568 e. The second kappa shape index (κ2) is 5.36. The van der Waals surface area contributed by atoms with Crippen molar-refractivity contribution in [2.75, 3.05) is 0 Å². The molecule has 2 unspecified atom stereocenters. The normalized spacial score (nSPS) is 16.0. The van der Waals surface area contributed by atoms with Gasteiger partial charge in [-0.2, -0.15) is 0 Å². The lowest BCUT2D eigenvalue weighted by Crippen LogP contribution is -2.16. The molecule has 0 fully saturated rings. The van der Waals surface area contributed by atoms with Crippen molar-refractivity contribution in [3.63, 3.8) is 0 Å². The minimum Gasteiger partial charge on any atom is -0.393 e. The molecule has 1 N–H and O–H groups in total. The van der Waals surface area contributed by atoms with E-state index in [1.807, 2.05) is 6.92 Å². The van der Waals surface area contributed by atoms with Crippen LogP contribution in [0.3, 0.4) is 0 Å². The molecule has 0 spiro atoms. The van der Waals surface area contributed by atoms with E-state index in [1.54, 1.807) is 0 Å². The quantitative estimate of drug-likeness (QED) is 0.607. The zero-order chi connectivity index (χ0) is 8.85. The lowest BCUT2D eigenvalue weighted by atomic mass is 9.97. The molecule has 0 saturated carbocycles. The summed E-state index contributed by atoms with van der Waals surface area (Å²) in [5.74, 6) is 0.425. The first-order valence-corrected chi connectivity index (χ1v) is 4.40. The number of hydrogen-bond acceptors (Lipinski definition) is 1. The van der Waals surface area contributed by atoms with Crippen LogP contribution in [0.1, 0.15) is 40.0 Å². The van der Waals surface area contributed by atoms with Crippen molar-refractivity contribution in [1.29, 1.82) is 0 Å². The van der Waals surface area contributed by atoms with Gasteiger partial charge in [-0.3, -0.25) is 0 Å². The van der Waals surface area contributed by atoms with E-state index >= 15 is 0 Å². The van der Waals surface area contributed by atoms with Gasteiger partial charge in [-0.15, -0.1) is 6.58 Å². The molecule has 66 valence electrons. The third kappa shape index (κ3) is 5.02. The zero-order valence-electron chi connectivity index (χ0n) is 7.93. The maximum atomic E-state index is 9.53. The van der Waals surface area contributed by atoms with E-state index in [2.05, 4.69) is 20.4 Å². The number of aliphatic hydroxyl groups excluding tert-OH is 1. The monoisotopic (exact) mass is 156 g/mol. The molecular weight excluding hydrogens is 136 g/mol. The Bertz CT molecular complexity index is 118. The van der Waals surface area contributed by atoms with Crippen molar-refractivity contribution in [3.05, 3.63) is 12.2 Å². The van der Waals surface area contributed by atoms with E-state index in [1.165, 1.54) is 0 Å². The van der Waals surface area contributed by atoms with Crippen molar-refractivity contribution in [2.24, 2.45) is 5.92 Å². The van der Waals surface area contributed by atoms with Gasteiger partial charge in [-0.05, 0) is 25.7 Å². The fraction of sp³-hybridized carbons (Fsp3) is 0.800. The Labute approximate surface area is 70.1 Å². The molecule has 0 saturated heterocycles. The van der Waals surface area contributed by atoms with Crippen LogP contribution >= 0.6 is 0 Å². The molecule has 0 radical (unpaired) electrons. The van der Waals surface area contributed by atoms with Gasteiger partial charge in [0.25, 0.3) is 0 Å². The highest BCUT2D eigenvalue weighted by atomic mass is 16.3. The predicted molar refractivity (Wildman–Crippen MR) is 49.5 cm³/mol. The Hall–Kier alpha value is -0.300. The summed E-state index contributed by atoms with van der Waals surface area (Å²) in [5.41, 5.74) is 1.16. The molecule has 11 heavy (non-hydrogen) atoms. The summed E-state index contributed by atoms with van der Waals surface area (Å²) in [7, 11) is 0. The fourth-order valence-electron chi connectivity index (χ4n) is 0.951. The molecule has 0 bridgehead atoms. The molecule has 1 nitrogen and oxygen atoms in total. The molecular formula is C10H20O. The highest BCUT2D eigenvalue weighted by Crippen LogP contribution is 2.14. The van der Waals surface area contributed by atoms with Crippen molar-refractivity contribution in [2.45, 2.75) is 46.1 Å². The highest BCUT2D eigenvalue weighted by molar-refractivity contribution is 4.88. The van der Waals surface area contributed by atoms with E-state index in [4.69, 9.17) is 0 Å². The van der Waals surface area contributed by atoms with Crippen LogP contribution in [0.15, 0.2) is 12.2 Å². The number of aliphatic hydroxyl groups is 1. The van der Waals surface area contributed by atoms with Crippen LogP contribution in [-0.4, -0.2) is 11.2 Å². The van der Waals surface area contributed by atoms with E-state index < -0.39 is 0 Å². The molecule has 0 amide bonds. The Morgan fingerprint density at radius 2 is 2.09 bits per heavy atom. The molecule has 0 aromatic heterocycles. The molecule has 0 aliphatic heterocycles. The maximum Gasteiger partial charge on any atom is 0.0568 e. The first-order chi connectivity index (χ1) is 5.07. The van der Waals surface area contributed by atoms with Gasteiger partial charge >= 0.3 is 0 Å². The third-order valence-electron chi connectivity index (χ3n) is 2.17. The lowest BCUT2D eigenvalue weighted by Gasteiger charge is -2.16. The molecule has 1 heteroatoms. The van der Waals surface area contributed by atoms with Crippen LogP contribution in [0.5, 0.6) is 0 Å². The van der Waals surface area contributed by atoms with Gasteiger partial charge in [0.05, 0.1) is 6.10 Å². The van der Waals surface area contributed by atoms with Crippen molar-refractivity contribution in [3.8, 4) is 0 Å². The summed E-state index contributed by atoms with van der Waals surface area (Å²) in [6, 6.07) is 0. The van der Waals surface area contributed by atoms with E-state index in [-0.39, 0.29) is 6.10 Å². The molecule has 0 aliphatic carbocycles. The molecule has 0 heterocycles. The Kier molecular flexibility index (Phi) is 5.22. The van der Waals surface area contributed by atoms with Gasteiger partial charge in [0.2, 0.25) is 0 Å². The average molecular weight is 156 g/mol. The summed E-state index contributed by atoms with van der Waals surface area (Å²) in [5, 5.41) is 9.53. The van der Waals surface area contributed by atoms with Crippen molar-refractivity contribution < 1.29 is 5.11 Å².